The minimum atomic E-state index is -0.550. The molecule has 1 aromatic carbocycles. The van der Waals surface area contributed by atoms with Gasteiger partial charge in [-0.2, -0.15) is 5.10 Å². The van der Waals surface area contributed by atoms with E-state index < -0.39 is 5.92 Å². The van der Waals surface area contributed by atoms with Crippen LogP contribution in [-0.4, -0.2) is 27.3 Å². The SMILES string of the molecule is CCOC(=O)C(c1ccc(Br)cc1)c1ncnn1CC. The number of carbonyl (C=O) groups excluding carboxylic acids is 1. The van der Waals surface area contributed by atoms with Crippen LogP contribution in [0.25, 0.3) is 0 Å². The summed E-state index contributed by atoms with van der Waals surface area (Å²) in [5, 5.41) is 4.13. The van der Waals surface area contributed by atoms with E-state index in [1.165, 1.54) is 6.33 Å². The number of carbonyl (C=O) groups is 1. The minimum absolute atomic E-state index is 0.308. The Morgan fingerprint density at radius 2 is 2.05 bits per heavy atom. The Bertz CT molecular complexity index is 580. The number of aryl methyl sites for hydroxylation is 1. The van der Waals surface area contributed by atoms with E-state index in [0.29, 0.717) is 19.0 Å². The molecule has 0 bridgehead atoms. The lowest BCUT2D eigenvalue weighted by molar-refractivity contribution is -0.144. The lowest BCUT2D eigenvalue weighted by atomic mass is 9.98. The monoisotopic (exact) mass is 337 g/mol. The Hall–Kier alpha value is -1.69. The maximum absolute atomic E-state index is 12.3. The molecule has 0 fully saturated rings. The highest BCUT2D eigenvalue weighted by molar-refractivity contribution is 9.10. The zero-order valence-electron chi connectivity index (χ0n) is 11.4. The highest BCUT2D eigenvalue weighted by Crippen LogP contribution is 2.26. The van der Waals surface area contributed by atoms with Gasteiger partial charge in [-0.3, -0.25) is 4.79 Å². The Labute approximate surface area is 126 Å². The molecule has 20 heavy (non-hydrogen) atoms. The van der Waals surface area contributed by atoms with Crippen LogP contribution in [0.4, 0.5) is 0 Å². The number of nitrogens with zero attached hydrogens (tertiary/aromatic N) is 3. The molecule has 2 rings (SSSR count). The first-order valence-electron chi connectivity index (χ1n) is 6.47. The molecule has 0 radical (unpaired) electrons. The van der Waals surface area contributed by atoms with Crippen LogP contribution in [0.15, 0.2) is 35.1 Å². The van der Waals surface area contributed by atoms with Gasteiger partial charge < -0.3 is 4.74 Å². The zero-order valence-corrected chi connectivity index (χ0v) is 13.0. The fourth-order valence-corrected chi connectivity index (χ4v) is 2.28. The number of benzene rings is 1. The van der Waals surface area contributed by atoms with Crippen LogP contribution in [0, 0.1) is 0 Å². The molecule has 1 atom stereocenters. The summed E-state index contributed by atoms with van der Waals surface area (Å²) in [7, 11) is 0. The Balaban J connectivity index is 2.44. The van der Waals surface area contributed by atoms with Crippen molar-refractivity contribution < 1.29 is 9.53 Å². The van der Waals surface area contributed by atoms with Gasteiger partial charge in [-0.25, -0.2) is 9.67 Å². The van der Waals surface area contributed by atoms with E-state index >= 15 is 0 Å². The van der Waals surface area contributed by atoms with E-state index in [9.17, 15) is 4.79 Å². The second-order valence-corrected chi connectivity index (χ2v) is 5.09. The van der Waals surface area contributed by atoms with E-state index in [2.05, 4.69) is 26.0 Å². The summed E-state index contributed by atoms with van der Waals surface area (Å²) in [4.78, 5) is 16.5. The van der Waals surface area contributed by atoms with Gasteiger partial charge in [0.05, 0.1) is 6.61 Å². The summed E-state index contributed by atoms with van der Waals surface area (Å²) in [6.45, 7) is 4.75. The van der Waals surface area contributed by atoms with Gasteiger partial charge in [0.25, 0.3) is 0 Å². The molecule has 0 aliphatic rings. The maximum atomic E-state index is 12.3. The Morgan fingerprint density at radius 3 is 2.65 bits per heavy atom. The van der Waals surface area contributed by atoms with Crippen molar-refractivity contribution in [3.05, 3.63) is 46.5 Å². The fraction of sp³-hybridized carbons (Fsp3) is 0.357. The van der Waals surface area contributed by atoms with E-state index in [1.807, 2.05) is 31.2 Å². The summed E-state index contributed by atoms with van der Waals surface area (Å²) in [6.07, 6.45) is 1.46. The summed E-state index contributed by atoms with van der Waals surface area (Å²) in [6, 6.07) is 7.57. The van der Waals surface area contributed by atoms with Crippen molar-refractivity contribution >= 4 is 21.9 Å². The van der Waals surface area contributed by atoms with E-state index in [1.54, 1.807) is 11.6 Å². The minimum Gasteiger partial charge on any atom is -0.465 e. The van der Waals surface area contributed by atoms with Crippen LogP contribution in [0.5, 0.6) is 0 Å². The average molecular weight is 338 g/mol. The lowest BCUT2D eigenvalue weighted by Gasteiger charge is -2.16. The number of esters is 1. The molecular weight excluding hydrogens is 322 g/mol. The first-order valence-corrected chi connectivity index (χ1v) is 7.26. The Morgan fingerprint density at radius 1 is 1.35 bits per heavy atom. The molecule has 0 saturated heterocycles. The van der Waals surface area contributed by atoms with Crippen molar-refractivity contribution in [1.82, 2.24) is 14.8 Å². The van der Waals surface area contributed by atoms with Gasteiger partial charge in [0.15, 0.2) is 0 Å². The topological polar surface area (TPSA) is 57.0 Å². The van der Waals surface area contributed by atoms with Crippen molar-refractivity contribution in [2.45, 2.75) is 26.3 Å². The summed E-state index contributed by atoms with van der Waals surface area (Å²) < 4.78 is 7.85. The number of ether oxygens (including phenoxy) is 1. The van der Waals surface area contributed by atoms with Crippen LogP contribution in [0.3, 0.4) is 0 Å². The van der Waals surface area contributed by atoms with E-state index in [4.69, 9.17) is 4.74 Å². The second kappa shape index (κ2) is 6.65. The summed E-state index contributed by atoms with van der Waals surface area (Å²) in [5.74, 6) is -0.253. The van der Waals surface area contributed by atoms with Crippen molar-refractivity contribution in [3.63, 3.8) is 0 Å². The van der Waals surface area contributed by atoms with Gasteiger partial charge in [-0.1, -0.05) is 28.1 Å². The van der Waals surface area contributed by atoms with Crippen LogP contribution in [0.2, 0.25) is 0 Å². The molecule has 6 heteroatoms. The molecule has 0 aliphatic heterocycles. The molecule has 0 spiro atoms. The normalized spacial score (nSPS) is 12.2. The van der Waals surface area contributed by atoms with Gasteiger partial charge in [0, 0.05) is 11.0 Å². The molecule has 106 valence electrons. The zero-order chi connectivity index (χ0) is 14.5. The first kappa shape index (κ1) is 14.7. The summed E-state index contributed by atoms with van der Waals surface area (Å²) in [5.41, 5.74) is 0.842. The average Bonchev–Trinajstić information content (AvgIpc) is 2.90. The maximum Gasteiger partial charge on any atom is 0.321 e. The van der Waals surface area contributed by atoms with E-state index in [-0.39, 0.29) is 5.97 Å². The Kier molecular flexibility index (Phi) is 4.89. The molecular formula is C14H16BrN3O2. The number of aromatic nitrogens is 3. The van der Waals surface area contributed by atoms with Gasteiger partial charge in [0.2, 0.25) is 0 Å². The predicted octanol–water partition coefficient (Wildman–Crippen LogP) is 2.76. The van der Waals surface area contributed by atoms with Crippen LogP contribution >= 0.6 is 15.9 Å². The second-order valence-electron chi connectivity index (χ2n) is 4.17. The molecule has 2 aromatic rings. The highest BCUT2D eigenvalue weighted by Gasteiger charge is 2.28. The third-order valence-electron chi connectivity index (χ3n) is 2.93. The van der Waals surface area contributed by atoms with Gasteiger partial charge in [-0.05, 0) is 31.5 Å². The smallest absolute Gasteiger partial charge is 0.321 e. The molecule has 1 aromatic heterocycles. The quantitative estimate of drug-likeness (QED) is 0.787. The van der Waals surface area contributed by atoms with Crippen LogP contribution < -0.4 is 0 Å². The fourth-order valence-electron chi connectivity index (χ4n) is 2.01. The van der Waals surface area contributed by atoms with Crippen molar-refractivity contribution in [2.75, 3.05) is 6.61 Å². The third-order valence-corrected chi connectivity index (χ3v) is 3.46. The van der Waals surface area contributed by atoms with E-state index in [0.717, 1.165) is 10.0 Å². The summed E-state index contributed by atoms with van der Waals surface area (Å²) >= 11 is 3.39. The molecule has 1 heterocycles. The van der Waals surface area contributed by atoms with Gasteiger partial charge in [0.1, 0.15) is 18.1 Å². The van der Waals surface area contributed by atoms with Crippen molar-refractivity contribution in [1.29, 1.82) is 0 Å². The predicted molar refractivity (Wildman–Crippen MR) is 78.3 cm³/mol. The standard InChI is InChI=1S/C14H16BrN3O2/c1-3-18-13(16-9-17-18)12(14(19)20-4-2)10-5-7-11(15)8-6-10/h5-9,12H,3-4H2,1-2H3. The molecule has 0 amide bonds. The largest absolute Gasteiger partial charge is 0.465 e. The molecule has 1 unspecified atom stereocenters. The lowest BCUT2D eigenvalue weighted by Crippen LogP contribution is -2.21. The molecule has 0 saturated carbocycles. The number of hydrogen-bond donors (Lipinski definition) is 0. The number of rotatable bonds is 5. The van der Waals surface area contributed by atoms with Gasteiger partial charge >= 0.3 is 5.97 Å². The number of hydrogen-bond acceptors (Lipinski definition) is 4. The number of halogens is 1. The third kappa shape index (κ3) is 3.07. The molecule has 0 aliphatic carbocycles. The molecule has 5 nitrogen and oxygen atoms in total. The van der Waals surface area contributed by atoms with Crippen molar-refractivity contribution in [2.24, 2.45) is 0 Å². The first-order chi connectivity index (χ1) is 9.67. The van der Waals surface area contributed by atoms with Crippen molar-refractivity contribution in [3.8, 4) is 0 Å². The highest BCUT2D eigenvalue weighted by atomic mass is 79.9. The molecule has 0 N–H and O–H groups in total. The van der Waals surface area contributed by atoms with Crippen LogP contribution in [0.1, 0.15) is 31.2 Å². The van der Waals surface area contributed by atoms with Crippen LogP contribution in [-0.2, 0) is 16.1 Å². The van der Waals surface area contributed by atoms with Gasteiger partial charge in [-0.15, -0.1) is 0 Å².